The van der Waals surface area contributed by atoms with Gasteiger partial charge in [-0.25, -0.2) is 0 Å². The molecule has 0 radical (unpaired) electrons. The molecular formula is C14H30N2O. The molecule has 0 aliphatic rings. The van der Waals surface area contributed by atoms with Gasteiger partial charge in [-0.05, 0) is 18.8 Å². The Morgan fingerprint density at radius 1 is 1.29 bits per heavy atom. The Balaban J connectivity index is 3.96. The van der Waals surface area contributed by atoms with Crippen LogP contribution in [0, 0.1) is 11.3 Å². The molecule has 0 aliphatic heterocycles. The number of hydrogen-bond donors (Lipinski definition) is 2. The van der Waals surface area contributed by atoms with Crippen molar-refractivity contribution in [3.05, 3.63) is 0 Å². The van der Waals surface area contributed by atoms with Crippen LogP contribution in [0.25, 0.3) is 0 Å². The molecule has 3 heteroatoms. The van der Waals surface area contributed by atoms with E-state index in [0.717, 1.165) is 13.0 Å². The van der Waals surface area contributed by atoms with Crippen LogP contribution < -0.4 is 11.1 Å². The van der Waals surface area contributed by atoms with Crippen molar-refractivity contribution in [1.29, 1.82) is 0 Å². The molecule has 0 aliphatic carbocycles. The van der Waals surface area contributed by atoms with E-state index in [0.29, 0.717) is 0 Å². The molecule has 2 unspecified atom stereocenters. The molecule has 0 aromatic heterocycles. The Labute approximate surface area is 107 Å². The number of amides is 1. The van der Waals surface area contributed by atoms with Gasteiger partial charge in [0.2, 0.25) is 5.91 Å². The van der Waals surface area contributed by atoms with Crippen LogP contribution >= 0.6 is 0 Å². The lowest BCUT2D eigenvalue weighted by molar-refractivity contribution is -0.125. The summed E-state index contributed by atoms with van der Waals surface area (Å²) < 4.78 is 0. The Kier molecular flexibility index (Phi) is 7.44. The van der Waals surface area contributed by atoms with Gasteiger partial charge in [-0.2, -0.15) is 0 Å². The second-order valence-corrected chi connectivity index (χ2v) is 5.99. The third kappa shape index (κ3) is 7.37. The van der Waals surface area contributed by atoms with Crippen LogP contribution in [0.4, 0.5) is 0 Å². The van der Waals surface area contributed by atoms with E-state index in [-0.39, 0.29) is 23.3 Å². The first kappa shape index (κ1) is 16.4. The zero-order chi connectivity index (χ0) is 13.5. The van der Waals surface area contributed by atoms with Crippen LogP contribution in [0.5, 0.6) is 0 Å². The average Bonchev–Trinajstić information content (AvgIpc) is 2.25. The van der Waals surface area contributed by atoms with E-state index >= 15 is 0 Å². The summed E-state index contributed by atoms with van der Waals surface area (Å²) in [6.45, 7) is 11.1. The normalized spacial score (nSPS) is 15.4. The smallest absolute Gasteiger partial charge is 0.224 e. The number of nitrogens with two attached hydrogens (primary N) is 1. The Hall–Kier alpha value is -0.570. The highest BCUT2D eigenvalue weighted by molar-refractivity contribution is 5.78. The van der Waals surface area contributed by atoms with Crippen molar-refractivity contribution in [3.63, 3.8) is 0 Å². The number of nitrogens with one attached hydrogen (secondary N) is 1. The van der Waals surface area contributed by atoms with Gasteiger partial charge in [-0.1, -0.05) is 47.0 Å². The summed E-state index contributed by atoms with van der Waals surface area (Å²) >= 11 is 0. The molecule has 0 saturated heterocycles. The van der Waals surface area contributed by atoms with Crippen LogP contribution in [-0.2, 0) is 4.79 Å². The zero-order valence-corrected chi connectivity index (χ0v) is 12.2. The molecule has 3 N–H and O–H groups in total. The predicted molar refractivity (Wildman–Crippen MR) is 73.7 cm³/mol. The minimum atomic E-state index is -0.110. The van der Waals surface area contributed by atoms with Gasteiger partial charge >= 0.3 is 0 Å². The second-order valence-electron chi connectivity index (χ2n) is 5.99. The topological polar surface area (TPSA) is 55.1 Å². The van der Waals surface area contributed by atoms with Gasteiger partial charge in [0.15, 0.2) is 0 Å². The highest BCUT2D eigenvalue weighted by Crippen LogP contribution is 2.22. The lowest BCUT2D eigenvalue weighted by atomic mass is 9.86. The van der Waals surface area contributed by atoms with Crippen molar-refractivity contribution in [1.82, 2.24) is 5.32 Å². The van der Waals surface area contributed by atoms with E-state index in [1.54, 1.807) is 0 Å². The fourth-order valence-electron chi connectivity index (χ4n) is 1.67. The van der Waals surface area contributed by atoms with Gasteiger partial charge in [-0.3, -0.25) is 4.79 Å². The van der Waals surface area contributed by atoms with Crippen molar-refractivity contribution in [2.24, 2.45) is 17.1 Å². The lowest BCUT2D eigenvalue weighted by Gasteiger charge is -2.26. The quantitative estimate of drug-likeness (QED) is 0.643. The molecule has 0 heterocycles. The summed E-state index contributed by atoms with van der Waals surface area (Å²) in [5.74, 6) is -0.0370. The molecule has 1 amide bonds. The van der Waals surface area contributed by atoms with Crippen molar-refractivity contribution < 1.29 is 4.79 Å². The summed E-state index contributed by atoms with van der Waals surface area (Å²) in [6.07, 6.45) is 4.91. The molecule has 0 saturated carbocycles. The average molecular weight is 242 g/mol. The van der Waals surface area contributed by atoms with E-state index in [2.05, 4.69) is 26.1 Å². The Morgan fingerprint density at radius 3 is 2.35 bits per heavy atom. The summed E-state index contributed by atoms with van der Waals surface area (Å²) in [5.41, 5.74) is 5.90. The van der Waals surface area contributed by atoms with Crippen LogP contribution in [0.3, 0.4) is 0 Å². The maximum atomic E-state index is 11.8. The highest BCUT2D eigenvalue weighted by Gasteiger charge is 2.21. The van der Waals surface area contributed by atoms with Crippen molar-refractivity contribution in [3.8, 4) is 0 Å². The van der Waals surface area contributed by atoms with E-state index in [9.17, 15) is 4.79 Å². The van der Waals surface area contributed by atoms with E-state index in [4.69, 9.17) is 5.73 Å². The van der Waals surface area contributed by atoms with Crippen LogP contribution in [-0.4, -0.2) is 18.5 Å². The van der Waals surface area contributed by atoms with Crippen molar-refractivity contribution >= 4 is 5.91 Å². The van der Waals surface area contributed by atoms with Crippen LogP contribution in [0.2, 0.25) is 0 Å². The van der Waals surface area contributed by atoms with Crippen molar-refractivity contribution in [2.45, 2.75) is 66.3 Å². The zero-order valence-electron chi connectivity index (χ0n) is 12.2. The number of unbranched alkanes of at least 4 members (excludes halogenated alkanes) is 2. The van der Waals surface area contributed by atoms with Gasteiger partial charge < -0.3 is 11.1 Å². The van der Waals surface area contributed by atoms with Crippen LogP contribution in [0.15, 0.2) is 0 Å². The number of rotatable bonds is 8. The monoisotopic (exact) mass is 242 g/mol. The maximum absolute atomic E-state index is 11.8. The third-order valence-corrected chi connectivity index (χ3v) is 3.40. The van der Waals surface area contributed by atoms with Gasteiger partial charge in [0.05, 0.1) is 0 Å². The first-order valence-corrected chi connectivity index (χ1v) is 6.83. The predicted octanol–water partition coefficient (Wildman–Crippen LogP) is 2.69. The van der Waals surface area contributed by atoms with E-state index in [1.165, 1.54) is 19.3 Å². The van der Waals surface area contributed by atoms with Crippen LogP contribution in [0.1, 0.15) is 60.3 Å². The van der Waals surface area contributed by atoms with E-state index in [1.807, 2.05) is 13.8 Å². The second kappa shape index (κ2) is 7.70. The SMILES string of the molecule is CCCCCC(C)(C)CNC(=O)C(C)C(C)N. The minimum Gasteiger partial charge on any atom is -0.355 e. The molecule has 17 heavy (non-hydrogen) atoms. The molecule has 0 aromatic carbocycles. The molecule has 102 valence electrons. The molecule has 0 rings (SSSR count). The molecule has 2 atom stereocenters. The molecule has 0 bridgehead atoms. The molecule has 3 nitrogen and oxygen atoms in total. The van der Waals surface area contributed by atoms with Gasteiger partial charge in [0.25, 0.3) is 0 Å². The van der Waals surface area contributed by atoms with Gasteiger partial charge in [0, 0.05) is 18.5 Å². The summed E-state index contributed by atoms with van der Waals surface area (Å²) in [7, 11) is 0. The first-order valence-electron chi connectivity index (χ1n) is 6.83. The number of hydrogen-bond acceptors (Lipinski definition) is 2. The molecule has 0 fully saturated rings. The fourth-order valence-corrected chi connectivity index (χ4v) is 1.67. The van der Waals surface area contributed by atoms with Gasteiger partial charge in [-0.15, -0.1) is 0 Å². The maximum Gasteiger partial charge on any atom is 0.224 e. The molecular weight excluding hydrogens is 212 g/mol. The fraction of sp³-hybridized carbons (Fsp3) is 0.929. The largest absolute Gasteiger partial charge is 0.355 e. The Bertz CT molecular complexity index is 224. The first-order chi connectivity index (χ1) is 7.80. The van der Waals surface area contributed by atoms with Gasteiger partial charge in [0.1, 0.15) is 0 Å². The third-order valence-electron chi connectivity index (χ3n) is 3.40. The summed E-state index contributed by atoms with van der Waals surface area (Å²) in [5, 5.41) is 3.01. The standard InChI is InChI=1S/C14H30N2O/c1-6-7-8-9-14(4,5)10-16-13(17)11(2)12(3)15/h11-12H,6-10,15H2,1-5H3,(H,16,17). The summed E-state index contributed by atoms with van der Waals surface area (Å²) in [4.78, 5) is 11.8. The molecule has 0 aromatic rings. The number of carbonyl (C=O) groups excluding carboxylic acids is 1. The summed E-state index contributed by atoms with van der Waals surface area (Å²) in [6, 6.07) is -0.0850. The van der Waals surface area contributed by atoms with E-state index < -0.39 is 0 Å². The molecule has 0 spiro atoms. The number of carbonyl (C=O) groups is 1. The lowest BCUT2D eigenvalue weighted by Crippen LogP contribution is -2.42. The minimum absolute atomic E-state index is 0.0727. The Morgan fingerprint density at radius 2 is 1.88 bits per heavy atom. The van der Waals surface area contributed by atoms with Crippen molar-refractivity contribution in [2.75, 3.05) is 6.54 Å². The highest BCUT2D eigenvalue weighted by atomic mass is 16.1.